The van der Waals surface area contributed by atoms with Crippen LogP contribution in [0.15, 0.2) is 36.9 Å². The molecule has 0 radical (unpaired) electrons. The van der Waals surface area contributed by atoms with Crippen molar-refractivity contribution in [1.82, 2.24) is 10.6 Å². The molecule has 0 spiro atoms. The molecule has 84 valence electrons. The van der Waals surface area contributed by atoms with Gasteiger partial charge in [-0.25, -0.2) is 0 Å². The van der Waals surface area contributed by atoms with Crippen LogP contribution in [0.3, 0.4) is 0 Å². The average Bonchev–Trinajstić information content (AvgIpc) is 2.70. The van der Waals surface area contributed by atoms with E-state index in [1.807, 2.05) is 18.2 Å². The average molecular weight is 234 g/mol. The molecule has 2 N–H and O–H groups in total. The van der Waals surface area contributed by atoms with E-state index in [0.717, 1.165) is 11.3 Å². The van der Waals surface area contributed by atoms with Crippen molar-refractivity contribution in [3.8, 4) is 5.75 Å². The molecule has 1 aromatic carbocycles. The predicted octanol–water partition coefficient (Wildman–Crippen LogP) is 1.77. The van der Waals surface area contributed by atoms with E-state index in [4.69, 9.17) is 17.0 Å². The zero-order valence-corrected chi connectivity index (χ0v) is 9.72. The molecule has 0 saturated heterocycles. The summed E-state index contributed by atoms with van der Waals surface area (Å²) in [6.45, 7) is 4.91. The summed E-state index contributed by atoms with van der Waals surface area (Å²) in [5.41, 5.74) is 1.16. The van der Waals surface area contributed by atoms with Gasteiger partial charge < -0.3 is 15.4 Å². The molecular weight excluding hydrogens is 220 g/mol. The first-order chi connectivity index (χ1) is 7.81. The van der Waals surface area contributed by atoms with Gasteiger partial charge in [-0.1, -0.05) is 24.3 Å². The molecular formula is C12H14N2OS. The normalized spacial score (nSPS) is 17.1. The smallest absolute Gasteiger partial charge is 0.167 e. The first kappa shape index (κ1) is 11.0. The van der Waals surface area contributed by atoms with E-state index in [1.54, 1.807) is 6.08 Å². The van der Waals surface area contributed by atoms with Crippen LogP contribution in [0, 0.1) is 0 Å². The second kappa shape index (κ2) is 4.99. The van der Waals surface area contributed by atoms with Gasteiger partial charge in [0, 0.05) is 12.1 Å². The van der Waals surface area contributed by atoms with E-state index in [1.165, 1.54) is 0 Å². The molecule has 0 aliphatic carbocycles. The summed E-state index contributed by atoms with van der Waals surface area (Å²) < 4.78 is 5.55. The minimum absolute atomic E-state index is 0.140. The van der Waals surface area contributed by atoms with Crippen LogP contribution in [-0.4, -0.2) is 18.3 Å². The number of para-hydroxylation sites is 1. The Morgan fingerprint density at radius 3 is 3.19 bits per heavy atom. The van der Waals surface area contributed by atoms with E-state index in [2.05, 4.69) is 23.3 Å². The van der Waals surface area contributed by atoms with Crippen LogP contribution in [0.25, 0.3) is 0 Å². The Kier molecular flexibility index (Phi) is 3.41. The zero-order valence-electron chi connectivity index (χ0n) is 8.90. The number of ether oxygens (including phenoxy) is 1. The van der Waals surface area contributed by atoms with Gasteiger partial charge in [0.25, 0.3) is 0 Å². The fourth-order valence-corrected chi connectivity index (χ4v) is 1.88. The summed E-state index contributed by atoms with van der Waals surface area (Å²) in [6.07, 6.45) is 1.77. The molecule has 2 rings (SSSR count). The van der Waals surface area contributed by atoms with Crippen LogP contribution < -0.4 is 15.4 Å². The lowest BCUT2D eigenvalue weighted by Gasteiger charge is -2.14. The summed E-state index contributed by atoms with van der Waals surface area (Å²) in [4.78, 5) is 0. The topological polar surface area (TPSA) is 33.3 Å². The Morgan fingerprint density at radius 1 is 1.56 bits per heavy atom. The van der Waals surface area contributed by atoms with Crippen LogP contribution in [0.2, 0.25) is 0 Å². The third-order valence-corrected chi connectivity index (χ3v) is 2.67. The third-order valence-electron chi connectivity index (χ3n) is 2.41. The number of benzene rings is 1. The molecule has 0 fully saturated rings. The van der Waals surface area contributed by atoms with Crippen molar-refractivity contribution in [3.63, 3.8) is 0 Å². The van der Waals surface area contributed by atoms with E-state index in [-0.39, 0.29) is 6.04 Å². The zero-order chi connectivity index (χ0) is 11.4. The lowest BCUT2D eigenvalue weighted by Crippen LogP contribution is -2.38. The Bertz CT molecular complexity index is 406. The Hall–Kier alpha value is -1.55. The minimum atomic E-state index is 0.140. The second-order valence-electron chi connectivity index (χ2n) is 3.54. The Morgan fingerprint density at radius 2 is 2.38 bits per heavy atom. The highest BCUT2D eigenvalue weighted by molar-refractivity contribution is 7.80. The molecule has 1 aromatic rings. The van der Waals surface area contributed by atoms with E-state index in [9.17, 15) is 0 Å². The number of hydrogen-bond donors (Lipinski definition) is 2. The predicted molar refractivity (Wildman–Crippen MR) is 68.6 cm³/mol. The lowest BCUT2D eigenvalue weighted by molar-refractivity contribution is 0.324. The summed E-state index contributed by atoms with van der Waals surface area (Å²) in [6, 6.07) is 8.13. The van der Waals surface area contributed by atoms with Crippen molar-refractivity contribution in [2.45, 2.75) is 6.04 Å². The Labute approximate surface area is 100 Å². The maximum absolute atomic E-state index is 5.55. The van der Waals surface area contributed by atoms with Crippen molar-refractivity contribution in [2.75, 3.05) is 13.2 Å². The van der Waals surface area contributed by atoms with Crippen molar-refractivity contribution in [3.05, 3.63) is 42.5 Å². The number of nitrogens with one attached hydrogen (secondary N) is 2. The molecule has 4 heteroatoms. The number of rotatable bonds is 3. The van der Waals surface area contributed by atoms with Crippen molar-refractivity contribution >= 4 is 17.3 Å². The standard InChI is InChI=1S/C12H14N2OS/c1-2-7-13-12(16)14-10-8-15-11-6-4-3-5-9(10)11/h2-6,10H,1,7-8H2,(H2,13,14,16). The SMILES string of the molecule is C=CCNC(=S)NC1COc2ccccc21. The van der Waals surface area contributed by atoms with Gasteiger partial charge in [-0.3, -0.25) is 0 Å². The van der Waals surface area contributed by atoms with E-state index in [0.29, 0.717) is 18.3 Å². The molecule has 1 atom stereocenters. The van der Waals surface area contributed by atoms with E-state index < -0.39 is 0 Å². The summed E-state index contributed by atoms with van der Waals surface area (Å²) in [7, 11) is 0. The molecule has 0 bridgehead atoms. The lowest BCUT2D eigenvalue weighted by atomic mass is 10.1. The summed E-state index contributed by atoms with van der Waals surface area (Å²) >= 11 is 5.16. The van der Waals surface area contributed by atoms with Gasteiger partial charge in [0.2, 0.25) is 0 Å². The van der Waals surface area contributed by atoms with Crippen molar-refractivity contribution in [2.24, 2.45) is 0 Å². The molecule has 1 heterocycles. The van der Waals surface area contributed by atoms with Gasteiger partial charge in [-0.05, 0) is 18.3 Å². The number of fused-ring (bicyclic) bond motifs is 1. The quantitative estimate of drug-likeness (QED) is 0.617. The van der Waals surface area contributed by atoms with Crippen LogP contribution in [0.5, 0.6) is 5.75 Å². The molecule has 1 aliphatic heterocycles. The molecule has 0 amide bonds. The van der Waals surface area contributed by atoms with Gasteiger partial charge >= 0.3 is 0 Å². The van der Waals surface area contributed by atoms with Crippen LogP contribution in [0.4, 0.5) is 0 Å². The van der Waals surface area contributed by atoms with Crippen molar-refractivity contribution < 1.29 is 4.74 Å². The fraction of sp³-hybridized carbons (Fsp3) is 0.250. The highest BCUT2D eigenvalue weighted by atomic mass is 32.1. The van der Waals surface area contributed by atoms with Gasteiger partial charge in [0.05, 0.1) is 6.04 Å². The van der Waals surface area contributed by atoms with Crippen LogP contribution >= 0.6 is 12.2 Å². The molecule has 1 unspecified atom stereocenters. The number of hydrogen-bond acceptors (Lipinski definition) is 2. The van der Waals surface area contributed by atoms with Crippen molar-refractivity contribution in [1.29, 1.82) is 0 Å². The highest BCUT2D eigenvalue weighted by Gasteiger charge is 2.23. The molecule has 1 aliphatic rings. The monoisotopic (exact) mass is 234 g/mol. The minimum Gasteiger partial charge on any atom is -0.491 e. The summed E-state index contributed by atoms with van der Waals surface area (Å²) in [5.74, 6) is 0.937. The van der Waals surface area contributed by atoms with Gasteiger partial charge in [-0.2, -0.15) is 0 Å². The first-order valence-corrected chi connectivity index (χ1v) is 5.59. The van der Waals surface area contributed by atoms with Gasteiger partial charge in [-0.15, -0.1) is 6.58 Å². The maximum atomic E-state index is 5.55. The van der Waals surface area contributed by atoms with E-state index >= 15 is 0 Å². The second-order valence-corrected chi connectivity index (χ2v) is 3.95. The Balaban J connectivity index is 1.98. The first-order valence-electron chi connectivity index (χ1n) is 5.18. The maximum Gasteiger partial charge on any atom is 0.167 e. The summed E-state index contributed by atoms with van der Waals surface area (Å²) in [5, 5.41) is 6.88. The van der Waals surface area contributed by atoms with Gasteiger partial charge in [0.1, 0.15) is 12.4 Å². The highest BCUT2D eigenvalue weighted by Crippen LogP contribution is 2.31. The third kappa shape index (κ3) is 2.33. The molecule has 16 heavy (non-hydrogen) atoms. The molecule has 0 aromatic heterocycles. The van der Waals surface area contributed by atoms with Crippen LogP contribution in [-0.2, 0) is 0 Å². The fourth-order valence-electron chi connectivity index (χ4n) is 1.66. The van der Waals surface area contributed by atoms with Crippen LogP contribution in [0.1, 0.15) is 11.6 Å². The molecule has 3 nitrogen and oxygen atoms in total. The largest absolute Gasteiger partial charge is 0.491 e. The van der Waals surface area contributed by atoms with Gasteiger partial charge in [0.15, 0.2) is 5.11 Å². The number of thiocarbonyl (C=S) groups is 1. The molecule has 0 saturated carbocycles.